The van der Waals surface area contributed by atoms with E-state index in [0.717, 1.165) is 24.4 Å². The first-order chi connectivity index (χ1) is 9.02. The van der Waals surface area contributed by atoms with Gasteiger partial charge in [0.2, 0.25) is 11.9 Å². The number of nitrogens with one attached hydrogen (secondary N) is 1. The molecule has 0 aromatic rings. The molecular formula is C12H20N5O2+. The third-order valence-electron chi connectivity index (χ3n) is 3.33. The Labute approximate surface area is 112 Å². The SMILES string of the molecule is CCC[N+]1=C(NCC)N=C2C1C(=O)N(C)C(=O)N2C. The minimum Gasteiger partial charge on any atom is -0.275 e. The molecule has 0 aliphatic carbocycles. The lowest BCUT2D eigenvalue weighted by atomic mass is 10.1. The Bertz CT molecular complexity index is 483. The van der Waals surface area contributed by atoms with E-state index in [0.29, 0.717) is 11.8 Å². The fraction of sp³-hybridized carbons (Fsp3) is 0.667. The second kappa shape index (κ2) is 4.99. The zero-order chi connectivity index (χ0) is 14.2. The number of urea groups is 1. The molecule has 0 radical (unpaired) electrons. The summed E-state index contributed by atoms with van der Waals surface area (Å²) in [6, 6.07) is -0.823. The van der Waals surface area contributed by atoms with Gasteiger partial charge in [0.1, 0.15) is 0 Å². The molecule has 104 valence electrons. The summed E-state index contributed by atoms with van der Waals surface area (Å²) in [5.41, 5.74) is 0. The largest absolute Gasteiger partial charge is 0.390 e. The average Bonchev–Trinajstić information content (AvgIpc) is 2.74. The summed E-state index contributed by atoms with van der Waals surface area (Å²) in [6.45, 7) is 5.47. The number of imide groups is 1. The number of hydrogen-bond acceptors (Lipinski definition) is 4. The van der Waals surface area contributed by atoms with Crippen molar-refractivity contribution in [1.82, 2.24) is 15.1 Å². The molecule has 0 bridgehead atoms. The number of hydrogen-bond donors (Lipinski definition) is 1. The van der Waals surface area contributed by atoms with Gasteiger partial charge in [-0.2, -0.15) is 0 Å². The van der Waals surface area contributed by atoms with Crippen LogP contribution in [0.3, 0.4) is 0 Å². The van der Waals surface area contributed by atoms with E-state index in [1.165, 1.54) is 11.9 Å². The molecule has 7 heteroatoms. The Balaban J connectivity index is 2.43. The Kier molecular flexibility index (Phi) is 3.55. The van der Waals surface area contributed by atoms with E-state index in [4.69, 9.17) is 0 Å². The third-order valence-corrected chi connectivity index (χ3v) is 3.33. The highest BCUT2D eigenvalue weighted by Crippen LogP contribution is 2.18. The second-order valence-corrected chi connectivity index (χ2v) is 4.66. The first-order valence-corrected chi connectivity index (χ1v) is 6.54. The van der Waals surface area contributed by atoms with Crippen LogP contribution in [0.5, 0.6) is 0 Å². The molecule has 2 rings (SSSR count). The number of rotatable bonds is 3. The lowest BCUT2D eigenvalue weighted by molar-refractivity contribution is -0.537. The van der Waals surface area contributed by atoms with Gasteiger partial charge in [0.05, 0.1) is 13.1 Å². The minimum absolute atomic E-state index is 0.219. The highest BCUT2D eigenvalue weighted by Gasteiger charge is 2.50. The molecule has 7 nitrogen and oxygen atoms in total. The normalized spacial score (nSPS) is 22.9. The van der Waals surface area contributed by atoms with E-state index >= 15 is 0 Å². The summed E-state index contributed by atoms with van der Waals surface area (Å²) in [6.07, 6.45) is 0.906. The lowest BCUT2D eigenvalue weighted by Crippen LogP contribution is -2.61. The van der Waals surface area contributed by atoms with Crippen LogP contribution in [0.1, 0.15) is 20.3 Å². The van der Waals surface area contributed by atoms with Gasteiger partial charge in [-0.05, 0) is 13.3 Å². The molecule has 1 N–H and O–H groups in total. The van der Waals surface area contributed by atoms with Crippen molar-refractivity contribution in [3.05, 3.63) is 0 Å². The third kappa shape index (κ3) is 1.98. The molecule has 1 atom stereocenters. The van der Waals surface area contributed by atoms with Gasteiger partial charge in [-0.3, -0.25) is 19.9 Å². The monoisotopic (exact) mass is 266 g/mol. The summed E-state index contributed by atoms with van der Waals surface area (Å²) in [7, 11) is 3.16. The Morgan fingerprint density at radius 3 is 2.53 bits per heavy atom. The Hall–Kier alpha value is -1.92. The fourth-order valence-corrected chi connectivity index (χ4v) is 2.37. The number of guanidine groups is 1. The van der Waals surface area contributed by atoms with E-state index in [9.17, 15) is 9.59 Å². The van der Waals surface area contributed by atoms with E-state index in [2.05, 4.69) is 10.3 Å². The number of likely N-dealkylation sites (N-methyl/N-ethyl adjacent to an activating group) is 2. The van der Waals surface area contributed by atoms with Gasteiger partial charge in [-0.1, -0.05) is 11.9 Å². The van der Waals surface area contributed by atoms with E-state index < -0.39 is 6.04 Å². The quantitative estimate of drug-likeness (QED) is 0.712. The standard InChI is InChI=1S/C12H19N5O2/c1-5-7-17-8-9(14-11(17)13-6-2)15(3)12(19)16(4)10(8)18/h8H,5-7H2,1-4H3/p+1. The molecule has 3 amide bonds. The van der Waals surface area contributed by atoms with Gasteiger partial charge in [-0.15, -0.1) is 0 Å². The highest BCUT2D eigenvalue weighted by molar-refractivity contribution is 6.22. The van der Waals surface area contributed by atoms with Gasteiger partial charge in [-0.25, -0.2) is 9.37 Å². The maximum Gasteiger partial charge on any atom is 0.390 e. The zero-order valence-corrected chi connectivity index (χ0v) is 11.8. The van der Waals surface area contributed by atoms with Crippen LogP contribution in [0.25, 0.3) is 0 Å². The van der Waals surface area contributed by atoms with Gasteiger partial charge < -0.3 is 0 Å². The summed E-state index contributed by atoms with van der Waals surface area (Å²) in [5.74, 6) is 0.966. The fourth-order valence-electron chi connectivity index (χ4n) is 2.37. The van der Waals surface area contributed by atoms with E-state index in [-0.39, 0.29) is 11.9 Å². The van der Waals surface area contributed by atoms with Gasteiger partial charge in [0.15, 0.2) is 0 Å². The number of fused-ring (bicyclic) bond motifs is 1. The lowest BCUT2D eigenvalue weighted by Gasteiger charge is -2.31. The van der Waals surface area contributed by atoms with Gasteiger partial charge in [0, 0.05) is 14.1 Å². The smallest absolute Gasteiger partial charge is 0.275 e. The van der Waals surface area contributed by atoms with Crippen molar-refractivity contribution in [2.45, 2.75) is 26.3 Å². The first kappa shape index (κ1) is 13.5. The number of aliphatic imine (C=N–C) groups is 1. The zero-order valence-electron chi connectivity index (χ0n) is 11.8. The van der Waals surface area contributed by atoms with Crippen molar-refractivity contribution >= 4 is 23.7 Å². The average molecular weight is 266 g/mol. The van der Waals surface area contributed by atoms with Crippen molar-refractivity contribution in [2.24, 2.45) is 4.99 Å². The maximum absolute atomic E-state index is 12.3. The second-order valence-electron chi connectivity index (χ2n) is 4.66. The molecule has 0 aromatic heterocycles. The molecule has 0 aromatic carbocycles. The number of amides is 3. The van der Waals surface area contributed by atoms with E-state index in [1.807, 2.05) is 18.4 Å². The highest BCUT2D eigenvalue weighted by atomic mass is 16.2. The van der Waals surface area contributed by atoms with Crippen LogP contribution in [0, 0.1) is 0 Å². The molecule has 1 fully saturated rings. The van der Waals surface area contributed by atoms with Crippen LogP contribution in [0.15, 0.2) is 4.99 Å². The van der Waals surface area contributed by atoms with Crippen LogP contribution >= 0.6 is 0 Å². The number of nitrogens with zero attached hydrogens (tertiary/aromatic N) is 4. The Morgan fingerprint density at radius 2 is 1.95 bits per heavy atom. The molecule has 1 saturated heterocycles. The summed E-state index contributed by atoms with van der Waals surface area (Å²) in [4.78, 5) is 31.2. The Morgan fingerprint density at radius 1 is 1.26 bits per heavy atom. The summed E-state index contributed by atoms with van der Waals surface area (Å²) < 4.78 is 1.93. The molecule has 2 aliphatic heterocycles. The van der Waals surface area contributed by atoms with Crippen LogP contribution in [0.4, 0.5) is 4.79 Å². The summed E-state index contributed by atoms with van der Waals surface area (Å²) in [5, 5.41) is 3.15. The molecule has 1 unspecified atom stereocenters. The molecule has 0 saturated carbocycles. The van der Waals surface area contributed by atoms with Crippen LogP contribution < -0.4 is 5.32 Å². The van der Waals surface area contributed by atoms with Crippen LogP contribution in [-0.4, -0.2) is 71.3 Å². The minimum atomic E-state index is -0.485. The number of carbonyl (C=O) groups is 2. The van der Waals surface area contributed by atoms with Crippen LogP contribution in [0.2, 0.25) is 0 Å². The molecule has 19 heavy (non-hydrogen) atoms. The van der Waals surface area contributed by atoms with E-state index in [1.54, 1.807) is 7.05 Å². The maximum atomic E-state index is 12.3. The molecular weight excluding hydrogens is 246 g/mol. The molecule has 2 heterocycles. The van der Waals surface area contributed by atoms with Crippen LogP contribution in [-0.2, 0) is 4.79 Å². The predicted molar refractivity (Wildman–Crippen MR) is 71.3 cm³/mol. The van der Waals surface area contributed by atoms with Crippen molar-refractivity contribution < 1.29 is 14.2 Å². The molecule has 0 spiro atoms. The van der Waals surface area contributed by atoms with Crippen molar-refractivity contribution in [3.63, 3.8) is 0 Å². The van der Waals surface area contributed by atoms with Gasteiger partial charge >= 0.3 is 12.0 Å². The van der Waals surface area contributed by atoms with Crippen molar-refractivity contribution in [2.75, 3.05) is 27.2 Å². The predicted octanol–water partition coefficient (Wildman–Crippen LogP) is -0.321. The number of amidine groups is 1. The topological polar surface area (TPSA) is 68.0 Å². The van der Waals surface area contributed by atoms with Crippen molar-refractivity contribution in [3.8, 4) is 0 Å². The number of carbonyl (C=O) groups excluding carboxylic acids is 2. The van der Waals surface area contributed by atoms with Gasteiger partial charge in [0.25, 0.3) is 5.91 Å². The van der Waals surface area contributed by atoms with Crippen molar-refractivity contribution in [1.29, 1.82) is 0 Å². The molecule has 2 aliphatic rings. The summed E-state index contributed by atoms with van der Waals surface area (Å²) >= 11 is 0. The first-order valence-electron chi connectivity index (χ1n) is 6.54.